The van der Waals surface area contributed by atoms with Gasteiger partial charge in [0.05, 0.1) is 26.4 Å². The highest BCUT2D eigenvalue weighted by atomic mass is 31.2. The summed E-state index contributed by atoms with van der Waals surface area (Å²) in [5.74, 6) is -1.61. The van der Waals surface area contributed by atoms with Crippen LogP contribution in [0, 0.1) is 0 Å². The zero-order valence-corrected chi connectivity index (χ0v) is 68.8. The quantitative estimate of drug-likeness (QED) is 0.0146. The van der Waals surface area contributed by atoms with Crippen LogP contribution in [0.3, 0.4) is 0 Å². The van der Waals surface area contributed by atoms with Crippen molar-refractivity contribution in [2.75, 3.05) is 39.6 Å². The summed E-state index contributed by atoms with van der Waals surface area (Å²) in [4.78, 5) is 58.8. The Balaban J connectivity index is 4.58. The van der Waals surface area contributed by atoms with Gasteiger partial charge in [-0.05, 0) is 148 Å². The van der Waals surface area contributed by atoms with Gasteiger partial charge >= 0.3 is 33.6 Å². The average molecular weight is 1540 g/mol. The van der Waals surface area contributed by atoms with Crippen LogP contribution >= 0.6 is 15.6 Å². The minimum atomic E-state index is -4.95. The summed E-state index contributed by atoms with van der Waals surface area (Å²) in [6.45, 7) is 2.40. The predicted molar refractivity (Wildman–Crippen MR) is 445 cm³/mol. The molecule has 0 bridgehead atoms. The summed E-state index contributed by atoms with van der Waals surface area (Å²) in [5.41, 5.74) is 0. The fourth-order valence-corrected chi connectivity index (χ4v) is 12.5. The molecule has 0 radical (unpaired) electrons. The molecule has 0 amide bonds. The molecular weight excluding hydrogens is 1390 g/mol. The van der Waals surface area contributed by atoms with Crippen molar-refractivity contribution in [3.63, 3.8) is 0 Å². The molecule has 612 valence electrons. The third kappa shape index (κ3) is 82.0. The van der Waals surface area contributed by atoms with Crippen LogP contribution in [0.25, 0.3) is 0 Å². The minimum Gasteiger partial charge on any atom is -0.463 e. The lowest BCUT2D eigenvalue weighted by Crippen LogP contribution is -2.30. The van der Waals surface area contributed by atoms with Crippen molar-refractivity contribution in [3.05, 3.63) is 158 Å². The number of allylic oxidation sites excluding steroid dienone is 26. The minimum absolute atomic E-state index is 0.0796. The highest BCUT2D eigenvalue weighted by Crippen LogP contribution is 2.45. The van der Waals surface area contributed by atoms with Gasteiger partial charge in [-0.2, -0.15) is 0 Å². The molecule has 0 aromatic rings. The number of esters is 3. The number of phosphoric ester groups is 2. The molecule has 0 saturated heterocycles. The monoisotopic (exact) mass is 1540 g/mol. The number of carbonyl (C=O) groups excluding carboxylic acids is 3. The summed E-state index contributed by atoms with van der Waals surface area (Å²) in [5, 5.41) is 20.7. The molecule has 107 heavy (non-hydrogen) atoms. The zero-order valence-electron chi connectivity index (χ0n) is 67.0. The molecule has 0 aromatic heterocycles. The van der Waals surface area contributed by atoms with E-state index in [1.165, 1.54) is 103 Å². The third-order valence-corrected chi connectivity index (χ3v) is 19.1. The van der Waals surface area contributed by atoms with Crippen molar-refractivity contribution in [1.82, 2.24) is 0 Å². The number of unbranched alkanes of at least 4 members (excludes halogenated alkanes) is 29. The second-order valence-corrected chi connectivity index (χ2v) is 30.4. The second-order valence-electron chi connectivity index (χ2n) is 27.5. The van der Waals surface area contributed by atoms with Crippen molar-refractivity contribution in [3.8, 4) is 0 Å². The Labute approximate surface area is 650 Å². The maximum atomic E-state index is 13.0. The van der Waals surface area contributed by atoms with Gasteiger partial charge in [0.25, 0.3) is 0 Å². The predicted octanol–water partition coefficient (Wildman–Crippen LogP) is 25.0. The van der Waals surface area contributed by atoms with E-state index < -0.39 is 91.5 Å². The lowest BCUT2D eigenvalue weighted by atomic mass is 10.0. The van der Waals surface area contributed by atoms with Gasteiger partial charge in [0, 0.05) is 19.3 Å². The molecule has 5 unspecified atom stereocenters. The van der Waals surface area contributed by atoms with Crippen molar-refractivity contribution in [2.45, 2.75) is 347 Å². The first-order valence-corrected chi connectivity index (χ1v) is 44.8. The number of carbonyl (C=O) groups is 3. The molecule has 18 heteroatoms. The number of hydrogen-bond acceptors (Lipinski definition) is 14. The van der Waals surface area contributed by atoms with Crippen molar-refractivity contribution in [1.29, 1.82) is 0 Å². The van der Waals surface area contributed by atoms with E-state index in [0.717, 1.165) is 167 Å². The molecule has 4 N–H and O–H groups in total. The lowest BCUT2D eigenvalue weighted by Gasteiger charge is -2.21. The number of aliphatic hydroxyl groups is 2. The van der Waals surface area contributed by atoms with Crippen LogP contribution in [0.1, 0.15) is 329 Å². The Morgan fingerprint density at radius 3 is 0.785 bits per heavy atom. The molecule has 0 heterocycles. The third-order valence-electron chi connectivity index (χ3n) is 17.2. The van der Waals surface area contributed by atoms with Gasteiger partial charge in [-0.1, -0.05) is 320 Å². The molecule has 16 nitrogen and oxygen atoms in total. The van der Waals surface area contributed by atoms with Crippen molar-refractivity contribution < 1.29 is 75.8 Å². The van der Waals surface area contributed by atoms with Crippen LogP contribution < -0.4 is 0 Å². The van der Waals surface area contributed by atoms with E-state index >= 15 is 0 Å². The van der Waals surface area contributed by atoms with Crippen LogP contribution in [-0.2, 0) is 55.8 Å². The van der Waals surface area contributed by atoms with E-state index in [2.05, 4.69) is 179 Å². The number of phosphoric acid groups is 2. The maximum absolute atomic E-state index is 13.0. The molecule has 5 atom stereocenters. The summed E-state index contributed by atoms with van der Waals surface area (Å²) in [6, 6.07) is 0. The first-order chi connectivity index (χ1) is 52.2. The van der Waals surface area contributed by atoms with E-state index in [4.69, 9.17) is 32.3 Å². The SMILES string of the molecule is CC/C=C\C/C=C\C/C=C\C/C=C\C/C=C\CCCCCCCCCCCCCCCCCC(=O)OCC(O)COP(=O)(O)OCC(O)COP(=O)(O)OCC(COC(=O)CCCCCCC/C=C\C/C=C\C/C=C\C/C=C\CCCCC)OC(=O)CCCCCCCC/C=C\C/C=C\C/C=C\C/C=C\CC. The fraction of sp³-hybridized carbons (Fsp3) is 0.674. The van der Waals surface area contributed by atoms with Crippen molar-refractivity contribution in [2.24, 2.45) is 0 Å². The zero-order chi connectivity index (χ0) is 78.0. The molecule has 0 aromatic carbocycles. The van der Waals surface area contributed by atoms with Gasteiger partial charge < -0.3 is 34.2 Å². The Bertz CT molecular complexity index is 2580. The first kappa shape index (κ1) is 102. The largest absolute Gasteiger partial charge is 0.472 e. The Morgan fingerprint density at radius 2 is 0.495 bits per heavy atom. The van der Waals surface area contributed by atoms with Crippen LogP contribution in [0.4, 0.5) is 0 Å². The van der Waals surface area contributed by atoms with E-state index in [0.29, 0.717) is 19.3 Å². The molecule has 0 aliphatic carbocycles. The van der Waals surface area contributed by atoms with E-state index in [1.807, 2.05) is 0 Å². The normalized spacial score (nSPS) is 14.7. The number of ether oxygens (including phenoxy) is 3. The summed E-state index contributed by atoms with van der Waals surface area (Å²) >= 11 is 0. The van der Waals surface area contributed by atoms with Gasteiger partial charge in [-0.15, -0.1) is 0 Å². The first-order valence-electron chi connectivity index (χ1n) is 41.8. The number of aliphatic hydroxyl groups excluding tert-OH is 2. The Hall–Kier alpha value is -4.83. The molecule has 0 aliphatic heterocycles. The molecule has 0 fully saturated rings. The summed E-state index contributed by atoms with van der Waals surface area (Å²) < 4.78 is 61.3. The summed E-state index contributed by atoms with van der Waals surface area (Å²) in [7, 11) is -9.81. The van der Waals surface area contributed by atoms with Gasteiger partial charge in [0.15, 0.2) is 6.10 Å². The van der Waals surface area contributed by atoms with Gasteiger partial charge in [-0.3, -0.25) is 32.5 Å². The Morgan fingerprint density at radius 1 is 0.271 bits per heavy atom. The molecule has 0 spiro atoms. The second kappa shape index (κ2) is 80.7. The average Bonchev–Trinajstić information content (AvgIpc) is 0.906. The van der Waals surface area contributed by atoms with Gasteiger partial charge in [0.1, 0.15) is 25.4 Å². The van der Waals surface area contributed by atoms with Crippen LogP contribution in [0.15, 0.2) is 158 Å². The van der Waals surface area contributed by atoms with E-state index in [9.17, 15) is 43.5 Å². The van der Waals surface area contributed by atoms with Gasteiger partial charge in [0.2, 0.25) is 0 Å². The van der Waals surface area contributed by atoms with Crippen molar-refractivity contribution >= 4 is 33.6 Å². The molecule has 0 aliphatic rings. The molecule has 0 saturated carbocycles. The highest BCUT2D eigenvalue weighted by molar-refractivity contribution is 7.47. The summed E-state index contributed by atoms with van der Waals surface area (Å²) in [6.07, 6.45) is 101. The standard InChI is InChI=1S/C89H150O16P2/c1-4-7-10-13-16-19-22-25-28-31-34-36-37-38-39-40-41-42-43-44-45-47-50-51-54-57-60-63-66-69-72-75-87(92)99-78-84(90)79-101-106(95,96)102-80-85(91)81-103-107(97,98)104-83-86(105-89(94)77-74-71-68-65-62-59-56-53-48-33-30-27-24-21-18-15-12-9-6-3)82-100-88(93)76-73-70-67-64-61-58-55-52-49-46-35-32-29-26-23-20-17-14-11-8-5-2/h7,9-10,12,16-21,25-30,34-36,38-39,46,48,52-53,55,84-86,90-91H,4-6,8,11,13-15,22-24,31-33,37,40-45,47,49-51,54,56-83H2,1-3H3,(H,95,96)(H,97,98)/b10-7-,12-9-,19-16-,20-17-,21-18-,28-25-,29-26-,30-27-,36-34-,39-38-,46-35-,53-48-,55-52-. The highest BCUT2D eigenvalue weighted by Gasteiger charge is 2.29. The fourth-order valence-electron chi connectivity index (χ4n) is 10.9. The smallest absolute Gasteiger partial charge is 0.463 e. The number of hydrogen-bond donors (Lipinski definition) is 4. The van der Waals surface area contributed by atoms with Crippen LogP contribution in [-0.4, -0.2) is 95.9 Å². The number of rotatable bonds is 78. The maximum Gasteiger partial charge on any atom is 0.472 e. The Kier molecular flexibility index (Phi) is 77.0. The molecule has 0 rings (SSSR count). The molecular formula is C89H150O16P2. The van der Waals surface area contributed by atoms with E-state index in [1.54, 1.807) is 0 Å². The lowest BCUT2D eigenvalue weighted by molar-refractivity contribution is -0.161. The van der Waals surface area contributed by atoms with Gasteiger partial charge in [-0.25, -0.2) is 9.13 Å². The van der Waals surface area contributed by atoms with Crippen LogP contribution in [0.2, 0.25) is 0 Å². The van der Waals surface area contributed by atoms with Crippen LogP contribution in [0.5, 0.6) is 0 Å². The van der Waals surface area contributed by atoms with E-state index in [-0.39, 0.29) is 19.3 Å². The topological polar surface area (TPSA) is 231 Å².